The molecular weight excluding hydrogens is 556 g/mol. The highest BCUT2D eigenvalue weighted by molar-refractivity contribution is 7.10. The topological polar surface area (TPSA) is 121 Å². The van der Waals surface area contributed by atoms with E-state index in [0.717, 1.165) is 36.1 Å². The molecule has 0 radical (unpaired) electrons. The zero-order valence-electron chi connectivity index (χ0n) is 23.9. The summed E-state index contributed by atoms with van der Waals surface area (Å²) in [4.78, 5) is 31.4. The van der Waals surface area contributed by atoms with Crippen LogP contribution in [-0.2, 0) is 22.7 Å². The number of carbonyl (C=O) groups excluding carboxylic acids is 2. The molecule has 1 N–H and O–H groups in total. The van der Waals surface area contributed by atoms with E-state index in [1.54, 1.807) is 44.4 Å². The van der Waals surface area contributed by atoms with Gasteiger partial charge in [0, 0.05) is 23.0 Å². The molecule has 42 heavy (non-hydrogen) atoms. The summed E-state index contributed by atoms with van der Waals surface area (Å²) < 4.78 is 16.0. The SMILES string of the molecule is COc1ccc(CN(C(=O)Cn2nnc(-c3ccc(OC)c(OC)c3)n2)[C@@H](C(=O)NC2CCCC2)c2cccs2)cc1. The Morgan fingerprint density at radius 1 is 1.02 bits per heavy atom. The Balaban J connectivity index is 1.43. The number of tetrazole rings is 1. The van der Waals surface area contributed by atoms with Gasteiger partial charge < -0.3 is 24.4 Å². The second-order valence-electron chi connectivity index (χ2n) is 9.99. The van der Waals surface area contributed by atoms with Crippen molar-refractivity contribution in [1.82, 2.24) is 30.4 Å². The standard InChI is InChI=1S/C30H34N6O5S/c1-39-23-13-10-20(11-14-23)18-35(28(26-9-6-16-42-26)30(38)31-22-7-4-5-8-22)27(37)19-36-33-29(32-34-36)21-12-15-24(40-2)25(17-21)41-3/h6,9-17,22,28H,4-5,7-8,18-19H2,1-3H3,(H,31,38)/t28-/m1/s1. The van der Waals surface area contributed by atoms with E-state index < -0.39 is 6.04 Å². The minimum atomic E-state index is -0.811. The van der Waals surface area contributed by atoms with Gasteiger partial charge in [-0.3, -0.25) is 9.59 Å². The lowest BCUT2D eigenvalue weighted by Gasteiger charge is -2.31. The summed E-state index contributed by atoms with van der Waals surface area (Å²) in [5.41, 5.74) is 1.52. The van der Waals surface area contributed by atoms with E-state index in [-0.39, 0.29) is 30.9 Å². The maximum absolute atomic E-state index is 14.0. The first-order chi connectivity index (χ1) is 20.5. The number of ether oxygens (including phenoxy) is 3. The maximum atomic E-state index is 14.0. The van der Waals surface area contributed by atoms with E-state index in [4.69, 9.17) is 14.2 Å². The monoisotopic (exact) mass is 590 g/mol. The lowest BCUT2D eigenvalue weighted by atomic mass is 10.1. The molecule has 0 unspecified atom stereocenters. The van der Waals surface area contributed by atoms with E-state index in [1.807, 2.05) is 41.8 Å². The van der Waals surface area contributed by atoms with Crippen LogP contribution in [-0.4, -0.2) is 64.3 Å². The van der Waals surface area contributed by atoms with Gasteiger partial charge in [0.05, 0.1) is 21.3 Å². The van der Waals surface area contributed by atoms with Crippen LogP contribution in [0.5, 0.6) is 17.2 Å². The van der Waals surface area contributed by atoms with Crippen LogP contribution < -0.4 is 19.5 Å². The second-order valence-corrected chi connectivity index (χ2v) is 11.0. The number of rotatable bonds is 12. The molecule has 2 aromatic carbocycles. The van der Waals surface area contributed by atoms with Crippen LogP contribution >= 0.6 is 11.3 Å². The molecule has 1 aliphatic carbocycles. The summed E-state index contributed by atoms with van der Waals surface area (Å²) >= 11 is 1.45. The fourth-order valence-corrected chi connectivity index (χ4v) is 5.92. The predicted octanol–water partition coefficient (Wildman–Crippen LogP) is 4.26. The van der Waals surface area contributed by atoms with Gasteiger partial charge in [-0.25, -0.2) is 0 Å². The molecule has 2 aromatic heterocycles. The first-order valence-electron chi connectivity index (χ1n) is 13.8. The van der Waals surface area contributed by atoms with Gasteiger partial charge >= 0.3 is 0 Å². The van der Waals surface area contributed by atoms with Crippen LogP contribution in [0.4, 0.5) is 0 Å². The van der Waals surface area contributed by atoms with Crippen molar-refractivity contribution >= 4 is 23.2 Å². The van der Waals surface area contributed by atoms with Crippen molar-refractivity contribution in [1.29, 1.82) is 0 Å². The highest BCUT2D eigenvalue weighted by Gasteiger charge is 2.34. The van der Waals surface area contributed by atoms with Gasteiger partial charge in [-0.15, -0.1) is 21.5 Å². The average molecular weight is 591 g/mol. The van der Waals surface area contributed by atoms with E-state index >= 15 is 0 Å². The summed E-state index contributed by atoms with van der Waals surface area (Å²) in [5, 5.41) is 17.8. The van der Waals surface area contributed by atoms with Crippen LogP contribution in [0.3, 0.4) is 0 Å². The molecule has 220 valence electrons. The lowest BCUT2D eigenvalue weighted by molar-refractivity contribution is -0.142. The molecule has 0 saturated heterocycles. The van der Waals surface area contributed by atoms with Gasteiger partial charge in [-0.2, -0.15) is 4.80 Å². The Hall–Kier alpha value is -4.45. The number of carbonyl (C=O) groups is 2. The molecule has 12 heteroatoms. The lowest BCUT2D eigenvalue weighted by Crippen LogP contribution is -2.46. The summed E-state index contributed by atoms with van der Waals surface area (Å²) in [6, 6.07) is 15.8. The van der Waals surface area contributed by atoms with Gasteiger partial charge in [0.1, 0.15) is 18.3 Å². The molecule has 0 aliphatic heterocycles. The third-order valence-electron chi connectivity index (χ3n) is 7.28. The Labute approximate surface area is 248 Å². The van der Waals surface area contributed by atoms with Crippen molar-refractivity contribution in [2.75, 3.05) is 21.3 Å². The summed E-state index contributed by atoms with van der Waals surface area (Å²) in [5.74, 6) is 1.64. The first kappa shape index (κ1) is 29.1. The molecule has 0 bridgehead atoms. The Kier molecular flexibility index (Phi) is 9.32. The van der Waals surface area contributed by atoms with Crippen molar-refractivity contribution in [3.05, 3.63) is 70.4 Å². The highest BCUT2D eigenvalue weighted by atomic mass is 32.1. The number of nitrogens with one attached hydrogen (secondary N) is 1. The third kappa shape index (κ3) is 6.71. The molecule has 2 heterocycles. The molecule has 1 saturated carbocycles. The zero-order valence-corrected chi connectivity index (χ0v) is 24.7. The normalized spacial score (nSPS) is 13.9. The van der Waals surface area contributed by atoms with E-state index in [0.29, 0.717) is 28.6 Å². The van der Waals surface area contributed by atoms with Crippen molar-refractivity contribution in [2.45, 2.75) is 50.9 Å². The number of hydrogen-bond acceptors (Lipinski definition) is 9. The quantitative estimate of drug-likeness (QED) is 0.260. The number of hydrogen-bond donors (Lipinski definition) is 1. The average Bonchev–Trinajstić information content (AvgIpc) is 3.81. The number of methoxy groups -OCH3 is 3. The number of nitrogens with zero attached hydrogens (tertiary/aromatic N) is 5. The van der Waals surface area contributed by atoms with Crippen LogP contribution in [0.1, 0.15) is 42.2 Å². The number of amides is 2. The molecule has 11 nitrogen and oxygen atoms in total. The minimum Gasteiger partial charge on any atom is -0.497 e. The minimum absolute atomic E-state index is 0.110. The molecule has 4 aromatic rings. The van der Waals surface area contributed by atoms with Gasteiger partial charge in [0.15, 0.2) is 11.5 Å². The van der Waals surface area contributed by atoms with E-state index in [9.17, 15) is 9.59 Å². The largest absolute Gasteiger partial charge is 0.497 e. The molecule has 1 aliphatic rings. The Bertz CT molecular complexity index is 1480. The van der Waals surface area contributed by atoms with Crippen LogP contribution in [0.25, 0.3) is 11.4 Å². The molecule has 0 spiro atoms. The molecule has 1 atom stereocenters. The van der Waals surface area contributed by atoms with Gasteiger partial charge in [-0.1, -0.05) is 31.0 Å². The van der Waals surface area contributed by atoms with Gasteiger partial charge in [-0.05, 0) is 65.4 Å². The summed E-state index contributed by atoms with van der Waals surface area (Å²) in [6.45, 7) is 0.00966. The zero-order chi connectivity index (χ0) is 29.5. The summed E-state index contributed by atoms with van der Waals surface area (Å²) in [7, 11) is 4.72. The van der Waals surface area contributed by atoms with Gasteiger partial charge in [0.25, 0.3) is 0 Å². The number of benzene rings is 2. The summed E-state index contributed by atoms with van der Waals surface area (Å²) in [6.07, 6.45) is 4.06. The molecule has 1 fully saturated rings. The maximum Gasteiger partial charge on any atom is 0.248 e. The van der Waals surface area contributed by atoms with Crippen molar-refractivity contribution in [3.8, 4) is 28.6 Å². The number of thiophene rings is 1. The van der Waals surface area contributed by atoms with Crippen LogP contribution in [0, 0.1) is 0 Å². The van der Waals surface area contributed by atoms with Crippen LogP contribution in [0.2, 0.25) is 0 Å². The van der Waals surface area contributed by atoms with Gasteiger partial charge in [0.2, 0.25) is 17.6 Å². The first-order valence-corrected chi connectivity index (χ1v) is 14.6. The third-order valence-corrected chi connectivity index (χ3v) is 8.20. The Morgan fingerprint density at radius 3 is 2.45 bits per heavy atom. The fraction of sp³-hybridized carbons (Fsp3) is 0.367. The van der Waals surface area contributed by atoms with Crippen molar-refractivity contribution in [3.63, 3.8) is 0 Å². The van der Waals surface area contributed by atoms with E-state index in [1.165, 1.54) is 16.1 Å². The second kappa shape index (κ2) is 13.5. The van der Waals surface area contributed by atoms with Crippen molar-refractivity contribution < 1.29 is 23.8 Å². The van der Waals surface area contributed by atoms with E-state index in [2.05, 4.69) is 20.7 Å². The predicted molar refractivity (Wildman–Crippen MR) is 157 cm³/mol. The smallest absolute Gasteiger partial charge is 0.248 e. The Morgan fingerprint density at radius 2 is 1.79 bits per heavy atom. The van der Waals surface area contributed by atoms with Crippen LogP contribution in [0.15, 0.2) is 60.0 Å². The molecule has 5 rings (SSSR count). The number of aromatic nitrogens is 4. The molecule has 2 amide bonds. The fourth-order valence-electron chi connectivity index (χ4n) is 5.09. The van der Waals surface area contributed by atoms with Crippen molar-refractivity contribution in [2.24, 2.45) is 0 Å². The highest BCUT2D eigenvalue weighted by Crippen LogP contribution is 2.32. The molecular formula is C30H34N6O5S.